The third-order valence-electron chi connectivity index (χ3n) is 7.10. The summed E-state index contributed by atoms with van der Waals surface area (Å²) in [5, 5.41) is 41.0. The van der Waals surface area contributed by atoms with E-state index in [1.807, 2.05) is 0 Å². The van der Waals surface area contributed by atoms with Gasteiger partial charge >= 0.3 is 5.97 Å². The minimum atomic E-state index is -1.64. The molecule has 0 aliphatic carbocycles. The number of rotatable bonds is 25. The first-order valence-corrected chi connectivity index (χ1v) is 16.4. The van der Waals surface area contributed by atoms with Crippen molar-refractivity contribution in [1.82, 2.24) is 31.9 Å². The van der Waals surface area contributed by atoms with E-state index in [1.165, 1.54) is 0 Å². The number of primary amides is 1. The van der Waals surface area contributed by atoms with Gasteiger partial charge in [0.05, 0.1) is 12.6 Å². The molecule has 49 heavy (non-hydrogen) atoms. The molecule has 0 spiro atoms. The molecule has 21 heteroatoms. The summed E-state index contributed by atoms with van der Waals surface area (Å²) in [4.78, 5) is 88.1. The Hall–Kier alpha value is -4.21. The molecule has 0 saturated heterocycles. The number of amides is 6. The van der Waals surface area contributed by atoms with Gasteiger partial charge in [-0.3, -0.25) is 34.2 Å². The molecule has 17 N–H and O–H groups in total. The third-order valence-corrected chi connectivity index (χ3v) is 7.46. The maximum Gasteiger partial charge on any atom is 0.326 e. The molecule has 0 aromatic carbocycles. The number of hydrogen-bond donors (Lipinski definition) is 14. The van der Waals surface area contributed by atoms with Gasteiger partial charge in [0.25, 0.3) is 0 Å². The molecule has 0 fully saturated rings. The predicted octanol–water partition coefficient (Wildman–Crippen LogP) is -4.94. The molecular weight excluding hydrogens is 666 g/mol. The quantitative estimate of drug-likeness (QED) is 0.0182. The van der Waals surface area contributed by atoms with Crippen molar-refractivity contribution in [3.63, 3.8) is 0 Å². The molecule has 0 aliphatic rings. The highest BCUT2D eigenvalue weighted by Gasteiger charge is 2.33. The SMILES string of the molecule is CC(C)[C@H](NC(=O)[C@H](CO)NC(=O)[C@H](CCC(N)=O)NC(=O)[C@H](CS)NC(=O)[C@@H](N)CCCCN)C(=O)N[C@@H](CCCNC(=N)N)C(=O)O. The van der Waals surface area contributed by atoms with Crippen LogP contribution >= 0.6 is 12.6 Å². The van der Waals surface area contributed by atoms with Crippen LogP contribution in [0.5, 0.6) is 0 Å². The number of aliphatic carboxylic acids is 1. The minimum Gasteiger partial charge on any atom is -0.480 e. The van der Waals surface area contributed by atoms with Crippen molar-refractivity contribution in [3.8, 4) is 0 Å². The van der Waals surface area contributed by atoms with Gasteiger partial charge in [0.15, 0.2) is 5.96 Å². The molecule has 0 rings (SSSR count). The van der Waals surface area contributed by atoms with E-state index in [2.05, 4.69) is 44.5 Å². The van der Waals surface area contributed by atoms with E-state index in [-0.39, 0.29) is 43.9 Å². The lowest BCUT2D eigenvalue weighted by atomic mass is 10.0. The van der Waals surface area contributed by atoms with Crippen molar-refractivity contribution >= 4 is 60.0 Å². The fourth-order valence-corrected chi connectivity index (χ4v) is 4.50. The molecule has 0 radical (unpaired) electrons. The molecule has 0 unspecified atom stereocenters. The molecule has 0 heterocycles. The summed E-state index contributed by atoms with van der Waals surface area (Å²) in [6, 6.07) is -7.89. The molecule has 20 nitrogen and oxygen atoms in total. The van der Waals surface area contributed by atoms with Gasteiger partial charge < -0.3 is 65.0 Å². The molecule has 0 aromatic rings. The Bertz CT molecular complexity index is 1150. The zero-order valence-corrected chi connectivity index (χ0v) is 28.7. The number of guanidine groups is 1. The van der Waals surface area contributed by atoms with Gasteiger partial charge in [-0.2, -0.15) is 12.6 Å². The standard InChI is InChI=1S/C28H53N11O9S/c1-14(2)21(26(46)36-17(27(47)48)7-5-11-34-28(32)33)39-24(44)18(12-40)37-23(43)16(8-9-20(31)41)35-25(45)19(13-49)38-22(42)15(30)6-3-4-10-29/h14-19,21,40,49H,3-13,29-30H2,1-2H3,(H2,31,41)(H,35,45)(H,36,46)(H,37,43)(H,38,42)(H,39,44)(H,47,48)(H4,32,33,34)/t15-,16-,17-,18-,19-,21-/m0/s1. The number of carbonyl (C=O) groups is 7. The van der Waals surface area contributed by atoms with Crippen LogP contribution in [0, 0.1) is 11.3 Å². The molecular formula is C28H53N11O9S. The van der Waals surface area contributed by atoms with Crippen molar-refractivity contribution in [2.24, 2.45) is 28.9 Å². The minimum absolute atomic E-state index is 0.0206. The van der Waals surface area contributed by atoms with Gasteiger partial charge in [0.1, 0.15) is 30.2 Å². The number of aliphatic hydroxyl groups is 1. The van der Waals surface area contributed by atoms with Crippen LogP contribution in [0.2, 0.25) is 0 Å². The molecule has 0 saturated carbocycles. The number of unbranched alkanes of at least 4 members (excludes halogenated alkanes) is 1. The van der Waals surface area contributed by atoms with Gasteiger partial charge in [-0.1, -0.05) is 20.3 Å². The molecule has 6 atom stereocenters. The average Bonchev–Trinajstić information content (AvgIpc) is 3.03. The maximum absolute atomic E-state index is 13.2. The van der Waals surface area contributed by atoms with E-state index in [0.717, 1.165) is 0 Å². The van der Waals surface area contributed by atoms with E-state index >= 15 is 0 Å². The van der Waals surface area contributed by atoms with E-state index in [4.69, 9.17) is 28.3 Å². The molecule has 280 valence electrons. The van der Waals surface area contributed by atoms with Crippen molar-refractivity contribution < 1.29 is 43.8 Å². The summed E-state index contributed by atoms with van der Waals surface area (Å²) < 4.78 is 0. The maximum atomic E-state index is 13.2. The predicted molar refractivity (Wildman–Crippen MR) is 182 cm³/mol. The second-order valence-electron chi connectivity index (χ2n) is 11.6. The summed E-state index contributed by atoms with van der Waals surface area (Å²) >= 11 is 4.09. The fourth-order valence-electron chi connectivity index (χ4n) is 4.24. The number of aliphatic hydroxyl groups excluding tert-OH is 1. The number of hydrogen-bond acceptors (Lipinski definition) is 12. The summed E-state index contributed by atoms with van der Waals surface area (Å²) in [7, 11) is 0. The highest BCUT2D eigenvalue weighted by molar-refractivity contribution is 7.80. The Labute approximate surface area is 290 Å². The third kappa shape index (κ3) is 18.2. The van der Waals surface area contributed by atoms with Crippen molar-refractivity contribution in [1.29, 1.82) is 5.41 Å². The largest absolute Gasteiger partial charge is 0.480 e. The average molecular weight is 720 g/mol. The molecule has 0 aromatic heterocycles. The summed E-state index contributed by atoms with van der Waals surface area (Å²) in [5.41, 5.74) is 21.8. The summed E-state index contributed by atoms with van der Waals surface area (Å²) in [6.45, 7) is 2.81. The van der Waals surface area contributed by atoms with Crippen molar-refractivity contribution in [3.05, 3.63) is 0 Å². The number of nitrogens with one attached hydrogen (secondary N) is 7. The number of thiol groups is 1. The first-order chi connectivity index (χ1) is 23.0. The van der Waals surface area contributed by atoms with Crippen LogP contribution in [0.1, 0.15) is 58.8 Å². The van der Waals surface area contributed by atoms with Crippen LogP contribution < -0.4 is 54.8 Å². The molecule has 0 bridgehead atoms. The highest BCUT2D eigenvalue weighted by Crippen LogP contribution is 2.07. The topological polar surface area (TPSA) is 360 Å². The van der Waals surface area contributed by atoms with Crippen molar-refractivity contribution in [2.45, 2.75) is 95.0 Å². The zero-order valence-electron chi connectivity index (χ0n) is 27.8. The number of carbonyl (C=O) groups excluding carboxylic acids is 6. The Balaban J connectivity index is 5.66. The van der Waals surface area contributed by atoms with Crippen LogP contribution in [-0.2, 0) is 33.6 Å². The van der Waals surface area contributed by atoms with Gasteiger partial charge in [-0.15, -0.1) is 0 Å². The van der Waals surface area contributed by atoms with Crippen LogP contribution in [0.4, 0.5) is 0 Å². The lowest BCUT2D eigenvalue weighted by molar-refractivity contribution is -0.143. The second-order valence-corrected chi connectivity index (χ2v) is 11.9. The summed E-state index contributed by atoms with van der Waals surface area (Å²) in [6.07, 6.45) is 1.11. The smallest absolute Gasteiger partial charge is 0.326 e. The Kier molecular flexibility index (Phi) is 21.9. The lowest BCUT2D eigenvalue weighted by Crippen LogP contribution is -2.61. The monoisotopic (exact) mass is 719 g/mol. The first-order valence-electron chi connectivity index (χ1n) is 15.8. The second kappa shape index (κ2) is 24.0. The number of nitrogens with two attached hydrogens (primary N) is 4. The van der Waals surface area contributed by atoms with E-state index in [0.29, 0.717) is 25.8 Å². The van der Waals surface area contributed by atoms with E-state index in [1.54, 1.807) is 13.8 Å². The van der Waals surface area contributed by atoms with E-state index < -0.39 is 90.2 Å². The van der Waals surface area contributed by atoms with Gasteiger partial charge in [0.2, 0.25) is 35.4 Å². The van der Waals surface area contributed by atoms with Gasteiger partial charge in [0, 0.05) is 18.7 Å². The van der Waals surface area contributed by atoms with Crippen LogP contribution in [0.3, 0.4) is 0 Å². The normalized spacial score (nSPS) is 14.6. The van der Waals surface area contributed by atoms with E-state index in [9.17, 15) is 43.8 Å². The van der Waals surface area contributed by atoms with Crippen LogP contribution in [0.25, 0.3) is 0 Å². The van der Waals surface area contributed by atoms with Crippen LogP contribution in [0.15, 0.2) is 0 Å². The molecule has 6 amide bonds. The summed E-state index contributed by atoms with van der Waals surface area (Å²) in [5.74, 6) is -7.53. The van der Waals surface area contributed by atoms with Crippen molar-refractivity contribution in [2.75, 3.05) is 25.4 Å². The highest BCUT2D eigenvalue weighted by atomic mass is 32.1. The Morgan fingerprint density at radius 2 is 1.29 bits per heavy atom. The van der Waals surface area contributed by atoms with Gasteiger partial charge in [-0.25, -0.2) is 4.79 Å². The Morgan fingerprint density at radius 1 is 0.735 bits per heavy atom. The van der Waals surface area contributed by atoms with Gasteiger partial charge in [-0.05, 0) is 44.6 Å². The first kappa shape index (κ1) is 44.8. The Morgan fingerprint density at radius 3 is 1.80 bits per heavy atom. The number of carboxylic acid groups (broad SMARTS) is 1. The number of carboxylic acids is 1. The molecule has 0 aliphatic heterocycles. The lowest BCUT2D eigenvalue weighted by Gasteiger charge is -2.27. The van der Waals surface area contributed by atoms with Crippen LogP contribution in [-0.4, -0.2) is 119 Å². The zero-order chi connectivity index (χ0) is 37.7. The fraction of sp³-hybridized carbons (Fsp3) is 0.714.